The van der Waals surface area contributed by atoms with Crippen molar-refractivity contribution in [2.45, 2.75) is 9.92 Å². The van der Waals surface area contributed by atoms with Crippen molar-refractivity contribution in [1.29, 1.82) is 0 Å². The highest BCUT2D eigenvalue weighted by molar-refractivity contribution is 7.99. The topological polar surface area (TPSA) is 54.5 Å². The van der Waals surface area contributed by atoms with Gasteiger partial charge in [-0.1, -0.05) is 11.8 Å². The van der Waals surface area contributed by atoms with Crippen molar-refractivity contribution >= 4 is 34.5 Å². The molecule has 0 saturated carbocycles. The number of halogens is 3. The lowest BCUT2D eigenvalue weighted by Crippen LogP contribution is -1.89. The quantitative estimate of drug-likeness (QED) is 0.582. The number of hydrogen-bond acceptors (Lipinski definition) is 4. The molecule has 0 unspecified atom stereocenters. The maximum absolute atomic E-state index is 13.1. The average molecular weight is 299 g/mol. The van der Waals surface area contributed by atoms with Crippen LogP contribution in [0.1, 0.15) is 0 Å². The van der Waals surface area contributed by atoms with Crippen molar-refractivity contribution in [3.05, 3.63) is 41.4 Å². The van der Waals surface area contributed by atoms with Crippen LogP contribution in [-0.2, 0) is 0 Å². The van der Waals surface area contributed by atoms with E-state index in [9.17, 15) is 8.78 Å². The minimum absolute atomic E-state index is 0.0460. The number of aromatic nitrogens is 4. The van der Waals surface area contributed by atoms with Gasteiger partial charge in [-0.05, 0) is 29.8 Å². The van der Waals surface area contributed by atoms with E-state index in [0.29, 0.717) is 21.1 Å². The third kappa shape index (κ3) is 2.39. The Morgan fingerprint density at radius 2 is 2.00 bits per heavy atom. The molecule has 3 rings (SSSR count). The van der Waals surface area contributed by atoms with Crippen LogP contribution in [0.4, 0.5) is 8.78 Å². The zero-order valence-corrected chi connectivity index (χ0v) is 10.8. The molecule has 0 aliphatic rings. The number of rotatable bonds is 2. The van der Waals surface area contributed by atoms with Crippen LogP contribution in [0.5, 0.6) is 0 Å². The molecule has 2 heterocycles. The number of benzene rings is 1. The Hall–Kier alpha value is -1.73. The number of imidazole rings is 1. The third-order valence-electron chi connectivity index (χ3n) is 2.33. The number of H-pyrrole nitrogens is 1. The van der Waals surface area contributed by atoms with Crippen molar-refractivity contribution in [1.82, 2.24) is 19.9 Å². The van der Waals surface area contributed by atoms with Gasteiger partial charge in [-0.3, -0.25) is 0 Å². The first-order valence-corrected chi connectivity index (χ1v) is 6.32. The molecule has 4 nitrogen and oxygen atoms in total. The molecular formula is C11H5ClF2N4S. The van der Waals surface area contributed by atoms with E-state index in [1.165, 1.54) is 12.4 Å². The third-order valence-corrected chi connectivity index (χ3v) is 3.48. The van der Waals surface area contributed by atoms with Crippen LogP contribution in [0.25, 0.3) is 11.2 Å². The smallest absolute Gasteiger partial charge is 0.225 e. The van der Waals surface area contributed by atoms with Crippen molar-refractivity contribution in [3.63, 3.8) is 0 Å². The summed E-state index contributed by atoms with van der Waals surface area (Å²) in [7, 11) is 0. The molecule has 0 fully saturated rings. The van der Waals surface area contributed by atoms with Gasteiger partial charge in [0, 0.05) is 4.90 Å². The summed E-state index contributed by atoms with van der Waals surface area (Å²) in [6, 6.07) is 3.62. The van der Waals surface area contributed by atoms with Gasteiger partial charge in [0.05, 0.1) is 6.33 Å². The molecule has 3 aromatic rings. The average Bonchev–Trinajstić information content (AvgIpc) is 2.82. The molecule has 0 aliphatic carbocycles. The predicted octanol–water partition coefficient (Wildman–Crippen LogP) is 3.44. The van der Waals surface area contributed by atoms with Crippen LogP contribution in [0, 0.1) is 11.6 Å². The van der Waals surface area contributed by atoms with Crippen LogP contribution < -0.4 is 0 Å². The van der Waals surface area contributed by atoms with Crippen LogP contribution in [0.15, 0.2) is 34.4 Å². The number of nitrogens with one attached hydrogen (secondary N) is 1. The Labute approximate surface area is 115 Å². The molecule has 0 amide bonds. The van der Waals surface area contributed by atoms with E-state index >= 15 is 0 Å². The molecular weight excluding hydrogens is 294 g/mol. The normalized spacial score (nSPS) is 11.1. The van der Waals surface area contributed by atoms with Crippen LogP contribution in [-0.4, -0.2) is 19.9 Å². The molecule has 0 saturated heterocycles. The highest BCUT2D eigenvalue weighted by Crippen LogP contribution is 2.31. The van der Waals surface area contributed by atoms with Crippen molar-refractivity contribution < 1.29 is 8.78 Å². The molecule has 8 heteroatoms. The van der Waals surface area contributed by atoms with Crippen LogP contribution in [0.2, 0.25) is 5.28 Å². The summed E-state index contributed by atoms with van der Waals surface area (Å²) in [5.41, 5.74) is 1.02. The lowest BCUT2D eigenvalue weighted by atomic mass is 10.3. The molecule has 19 heavy (non-hydrogen) atoms. The lowest BCUT2D eigenvalue weighted by Gasteiger charge is -2.03. The van der Waals surface area contributed by atoms with Gasteiger partial charge in [-0.2, -0.15) is 4.98 Å². The first kappa shape index (κ1) is 12.3. The maximum Gasteiger partial charge on any atom is 0.225 e. The van der Waals surface area contributed by atoms with E-state index in [1.807, 2.05) is 0 Å². The summed E-state index contributed by atoms with van der Waals surface area (Å²) in [5, 5.41) is 0.545. The fraction of sp³-hybridized carbons (Fsp3) is 0. The maximum atomic E-state index is 13.1. The Morgan fingerprint density at radius 1 is 1.16 bits per heavy atom. The fourth-order valence-electron chi connectivity index (χ4n) is 1.51. The van der Waals surface area contributed by atoms with Gasteiger partial charge in [-0.15, -0.1) is 0 Å². The Morgan fingerprint density at radius 3 is 2.79 bits per heavy atom. The van der Waals surface area contributed by atoms with Crippen molar-refractivity contribution in [3.8, 4) is 0 Å². The van der Waals surface area contributed by atoms with Crippen LogP contribution in [0.3, 0.4) is 0 Å². The number of aromatic amines is 1. The van der Waals surface area contributed by atoms with Crippen LogP contribution >= 0.6 is 23.4 Å². The van der Waals surface area contributed by atoms with E-state index in [1.54, 1.807) is 0 Å². The van der Waals surface area contributed by atoms with Gasteiger partial charge < -0.3 is 4.98 Å². The predicted molar refractivity (Wildman–Crippen MR) is 67.2 cm³/mol. The van der Waals surface area contributed by atoms with E-state index in [0.717, 1.165) is 23.9 Å². The second-order valence-electron chi connectivity index (χ2n) is 3.58. The van der Waals surface area contributed by atoms with Gasteiger partial charge in [0.25, 0.3) is 0 Å². The lowest BCUT2D eigenvalue weighted by molar-refractivity contribution is 0.506. The van der Waals surface area contributed by atoms with Gasteiger partial charge in [0.15, 0.2) is 17.3 Å². The summed E-state index contributed by atoms with van der Waals surface area (Å²) in [5.74, 6) is -1.80. The van der Waals surface area contributed by atoms with Gasteiger partial charge in [0.1, 0.15) is 10.5 Å². The molecule has 0 bridgehead atoms. The summed E-state index contributed by atoms with van der Waals surface area (Å²) in [4.78, 5) is 15.3. The molecule has 1 aromatic carbocycles. The minimum atomic E-state index is -0.911. The van der Waals surface area contributed by atoms with Crippen molar-refractivity contribution in [2.24, 2.45) is 0 Å². The first-order valence-electron chi connectivity index (χ1n) is 5.13. The molecule has 0 atom stereocenters. The van der Waals surface area contributed by atoms with E-state index in [2.05, 4.69) is 19.9 Å². The number of fused-ring (bicyclic) bond motifs is 1. The van der Waals surface area contributed by atoms with Gasteiger partial charge >= 0.3 is 0 Å². The molecule has 96 valence electrons. The van der Waals surface area contributed by atoms with Gasteiger partial charge in [0.2, 0.25) is 5.28 Å². The second kappa shape index (κ2) is 4.75. The highest BCUT2D eigenvalue weighted by atomic mass is 35.5. The monoisotopic (exact) mass is 298 g/mol. The van der Waals surface area contributed by atoms with Crippen molar-refractivity contribution in [2.75, 3.05) is 0 Å². The number of hydrogen-bond donors (Lipinski definition) is 1. The molecule has 0 radical (unpaired) electrons. The van der Waals surface area contributed by atoms with Gasteiger partial charge in [-0.25, -0.2) is 18.7 Å². The summed E-state index contributed by atoms with van der Waals surface area (Å²) < 4.78 is 26.0. The summed E-state index contributed by atoms with van der Waals surface area (Å²) in [6.45, 7) is 0. The zero-order chi connectivity index (χ0) is 13.4. The Bertz CT molecular complexity index is 762. The zero-order valence-electron chi connectivity index (χ0n) is 9.19. The van der Waals surface area contributed by atoms with E-state index in [4.69, 9.17) is 11.6 Å². The number of nitrogens with zero attached hydrogens (tertiary/aromatic N) is 3. The minimum Gasteiger partial charge on any atom is -0.341 e. The Balaban J connectivity index is 2.04. The largest absolute Gasteiger partial charge is 0.341 e. The summed E-state index contributed by atoms with van der Waals surface area (Å²) in [6.07, 6.45) is 1.46. The standard InChI is InChI=1S/C11H5ClF2N4S/c12-11-17-9-8(15-4-16-9)10(18-11)19-5-1-2-6(13)7(14)3-5/h1-4H,(H,15,16,17,18). The second-order valence-corrected chi connectivity index (χ2v) is 4.98. The van der Waals surface area contributed by atoms with E-state index < -0.39 is 11.6 Å². The Kier molecular flexibility index (Phi) is 3.08. The summed E-state index contributed by atoms with van der Waals surface area (Å²) >= 11 is 6.93. The molecule has 0 aliphatic heterocycles. The fourth-order valence-corrected chi connectivity index (χ4v) is 2.63. The highest BCUT2D eigenvalue weighted by Gasteiger charge is 2.11. The molecule has 2 aromatic heterocycles. The van der Waals surface area contributed by atoms with E-state index in [-0.39, 0.29) is 5.28 Å². The first-order chi connectivity index (χ1) is 9.13. The SMILES string of the molecule is Fc1ccc(Sc2nc(Cl)nc3nc[nH]c23)cc1F. The molecule has 1 N–H and O–H groups in total. The molecule has 0 spiro atoms.